The Kier molecular flexibility index (Phi) is 4.73. The summed E-state index contributed by atoms with van der Waals surface area (Å²) in [6.45, 7) is 3.90. The van der Waals surface area contributed by atoms with Crippen molar-refractivity contribution in [3.63, 3.8) is 0 Å². The van der Waals surface area contributed by atoms with Gasteiger partial charge in [0, 0.05) is 25.9 Å². The van der Waals surface area contributed by atoms with Crippen molar-refractivity contribution in [1.82, 2.24) is 10.6 Å². The minimum absolute atomic E-state index is 0.332. The van der Waals surface area contributed by atoms with Crippen LogP contribution in [0.1, 0.15) is 18.4 Å². The molecule has 98 valence electrons. The lowest BCUT2D eigenvalue weighted by molar-refractivity contribution is -0.145. The highest BCUT2D eigenvalue weighted by molar-refractivity contribution is 5.38. The predicted octanol–water partition coefficient (Wildman–Crippen LogP) is 1.07. The molecule has 0 spiro atoms. The summed E-state index contributed by atoms with van der Waals surface area (Å²) in [5, 5.41) is 6.67. The van der Waals surface area contributed by atoms with Crippen molar-refractivity contribution in [2.45, 2.75) is 25.0 Å². The molecule has 0 unspecified atom stereocenters. The van der Waals surface area contributed by atoms with Gasteiger partial charge in [0.15, 0.2) is 0 Å². The normalized spacial score (nSPS) is 18.2. The van der Waals surface area contributed by atoms with Crippen LogP contribution in [0.25, 0.3) is 0 Å². The summed E-state index contributed by atoms with van der Waals surface area (Å²) in [4.78, 5) is 10.6. The monoisotopic (exact) mass is 248 g/mol. The highest BCUT2D eigenvalue weighted by atomic mass is 16.5. The van der Waals surface area contributed by atoms with E-state index in [0.29, 0.717) is 13.0 Å². The van der Waals surface area contributed by atoms with Crippen LogP contribution in [0.5, 0.6) is 0 Å². The third kappa shape index (κ3) is 3.55. The van der Waals surface area contributed by atoms with E-state index in [9.17, 15) is 4.79 Å². The summed E-state index contributed by atoms with van der Waals surface area (Å²) in [7, 11) is 0. The Hall–Kier alpha value is -1.39. The van der Waals surface area contributed by atoms with E-state index >= 15 is 0 Å². The number of piperidine rings is 1. The number of rotatable bonds is 6. The molecule has 0 radical (unpaired) electrons. The maximum absolute atomic E-state index is 10.6. The molecule has 1 fully saturated rings. The van der Waals surface area contributed by atoms with Gasteiger partial charge in [-0.05, 0) is 18.7 Å². The molecule has 1 aliphatic rings. The van der Waals surface area contributed by atoms with Gasteiger partial charge in [0.05, 0.1) is 0 Å². The lowest BCUT2D eigenvalue weighted by Gasteiger charge is -2.36. The molecule has 18 heavy (non-hydrogen) atoms. The summed E-state index contributed by atoms with van der Waals surface area (Å²) in [6, 6.07) is 10.2. The van der Waals surface area contributed by atoms with Gasteiger partial charge in [0.25, 0.3) is 6.47 Å². The van der Waals surface area contributed by atoms with E-state index in [2.05, 4.69) is 22.8 Å². The first-order valence-electron chi connectivity index (χ1n) is 6.41. The fraction of sp³-hybridized carbons (Fsp3) is 0.500. The van der Waals surface area contributed by atoms with Gasteiger partial charge < -0.3 is 15.4 Å². The molecule has 4 heteroatoms. The molecular weight excluding hydrogens is 228 g/mol. The van der Waals surface area contributed by atoms with Gasteiger partial charge in [-0.25, -0.2) is 0 Å². The Morgan fingerprint density at radius 3 is 2.67 bits per heavy atom. The number of nitrogens with one attached hydrogen (secondary N) is 2. The van der Waals surface area contributed by atoms with Crippen LogP contribution in [0, 0.1) is 0 Å². The van der Waals surface area contributed by atoms with E-state index in [1.165, 1.54) is 5.56 Å². The zero-order valence-corrected chi connectivity index (χ0v) is 10.5. The summed E-state index contributed by atoms with van der Waals surface area (Å²) in [6.07, 6.45) is 1.74. The maximum Gasteiger partial charge on any atom is 0.293 e. The molecule has 1 aromatic rings. The van der Waals surface area contributed by atoms with E-state index in [-0.39, 0.29) is 5.60 Å². The summed E-state index contributed by atoms with van der Waals surface area (Å²) < 4.78 is 5.33. The largest absolute Gasteiger partial charge is 0.460 e. The van der Waals surface area contributed by atoms with Gasteiger partial charge in [0.2, 0.25) is 0 Å². The Morgan fingerprint density at radius 1 is 1.28 bits per heavy atom. The van der Waals surface area contributed by atoms with Crippen LogP contribution in [0.4, 0.5) is 0 Å². The average Bonchev–Trinajstić information content (AvgIpc) is 2.41. The van der Waals surface area contributed by atoms with Gasteiger partial charge in [-0.3, -0.25) is 4.79 Å². The predicted molar refractivity (Wildman–Crippen MR) is 70.1 cm³/mol. The molecule has 0 aliphatic carbocycles. The Morgan fingerprint density at radius 2 is 2.00 bits per heavy atom. The second-order valence-electron chi connectivity index (χ2n) is 4.74. The van der Waals surface area contributed by atoms with Crippen molar-refractivity contribution >= 4 is 6.47 Å². The van der Waals surface area contributed by atoms with Gasteiger partial charge in [-0.1, -0.05) is 30.3 Å². The Labute approximate surface area is 108 Å². The molecule has 4 nitrogen and oxygen atoms in total. The summed E-state index contributed by atoms with van der Waals surface area (Å²) >= 11 is 0. The second-order valence-corrected chi connectivity index (χ2v) is 4.74. The molecule has 1 aromatic carbocycles. The molecule has 0 bridgehead atoms. The molecule has 0 amide bonds. The Balaban J connectivity index is 1.84. The summed E-state index contributed by atoms with van der Waals surface area (Å²) in [5.41, 5.74) is 0.912. The number of ether oxygens (including phenoxy) is 1. The summed E-state index contributed by atoms with van der Waals surface area (Å²) in [5.74, 6) is 0. The van der Waals surface area contributed by atoms with Gasteiger partial charge in [-0.15, -0.1) is 0 Å². The highest BCUT2D eigenvalue weighted by Gasteiger charge is 2.33. The lowest BCUT2D eigenvalue weighted by atomic mass is 9.92. The fourth-order valence-corrected chi connectivity index (χ4v) is 2.35. The highest BCUT2D eigenvalue weighted by Crippen LogP contribution is 2.21. The molecule has 1 saturated heterocycles. The van der Waals surface area contributed by atoms with Crippen LogP contribution in [0.3, 0.4) is 0 Å². The molecule has 1 heterocycles. The first-order chi connectivity index (χ1) is 8.85. The smallest absolute Gasteiger partial charge is 0.293 e. The van der Waals surface area contributed by atoms with Crippen LogP contribution in [0.2, 0.25) is 0 Å². The van der Waals surface area contributed by atoms with Crippen LogP contribution in [0.15, 0.2) is 30.3 Å². The Bertz CT molecular complexity index is 361. The van der Waals surface area contributed by atoms with Crippen molar-refractivity contribution in [2.24, 2.45) is 0 Å². The first-order valence-corrected chi connectivity index (χ1v) is 6.41. The molecule has 1 aliphatic heterocycles. The molecule has 0 aromatic heterocycles. The van der Waals surface area contributed by atoms with Crippen LogP contribution in [-0.4, -0.2) is 31.7 Å². The van der Waals surface area contributed by atoms with Crippen molar-refractivity contribution in [3.8, 4) is 0 Å². The van der Waals surface area contributed by atoms with Crippen LogP contribution in [-0.2, 0) is 16.1 Å². The van der Waals surface area contributed by atoms with E-state index in [1.807, 2.05) is 18.2 Å². The standard InChI is InChI=1S/C14H20N2O2/c17-12-18-14(6-8-15-9-7-14)11-16-10-13-4-2-1-3-5-13/h1-5,12,15-16H,6-11H2. The van der Waals surface area contributed by atoms with E-state index in [1.54, 1.807) is 0 Å². The molecular formula is C14H20N2O2. The number of hydrogen-bond donors (Lipinski definition) is 2. The number of carbonyl (C=O) groups is 1. The fourth-order valence-electron chi connectivity index (χ4n) is 2.35. The SMILES string of the molecule is O=COC1(CNCc2ccccc2)CCNCC1. The number of hydrogen-bond acceptors (Lipinski definition) is 4. The lowest BCUT2D eigenvalue weighted by Crippen LogP contribution is -2.50. The van der Waals surface area contributed by atoms with Crippen molar-refractivity contribution in [3.05, 3.63) is 35.9 Å². The van der Waals surface area contributed by atoms with Crippen molar-refractivity contribution < 1.29 is 9.53 Å². The van der Waals surface area contributed by atoms with Crippen molar-refractivity contribution in [1.29, 1.82) is 0 Å². The van der Waals surface area contributed by atoms with E-state index in [4.69, 9.17) is 4.74 Å². The minimum Gasteiger partial charge on any atom is -0.460 e. The zero-order chi connectivity index (χ0) is 12.7. The van der Waals surface area contributed by atoms with Gasteiger partial charge in [0.1, 0.15) is 5.60 Å². The minimum atomic E-state index is -0.332. The van der Waals surface area contributed by atoms with Crippen LogP contribution >= 0.6 is 0 Å². The second kappa shape index (κ2) is 6.52. The quantitative estimate of drug-likeness (QED) is 0.739. The van der Waals surface area contributed by atoms with Crippen LogP contribution < -0.4 is 10.6 Å². The number of benzene rings is 1. The maximum atomic E-state index is 10.6. The van der Waals surface area contributed by atoms with E-state index in [0.717, 1.165) is 32.5 Å². The van der Waals surface area contributed by atoms with Crippen molar-refractivity contribution in [2.75, 3.05) is 19.6 Å². The molecule has 2 N–H and O–H groups in total. The van der Waals surface area contributed by atoms with E-state index < -0.39 is 0 Å². The van der Waals surface area contributed by atoms with Gasteiger partial charge >= 0.3 is 0 Å². The zero-order valence-electron chi connectivity index (χ0n) is 10.5. The topological polar surface area (TPSA) is 50.4 Å². The molecule has 2 rings (SSSR count). The average molecular weight is 248 g/mol. The number of carbonyl (C=O) groups excluding carboxylic acids is 1. The third-order valence-electron chi connectivity index (χ3n) is 3.43. The first kappa shape index (κ1) is 13.1. The molecule has 0 atom stereocenters. The molecule has 0 saturated carbocycles. The third-order valence-corrected chi connectivity index (χ3v) is 3.43. The van der Waals surface area contributed by atoms with Gasteiger partial charge in [-0.2, -0.15) is 0 Å².